The molecule has 0 fully saturated rings. The minimum absolute atomic E-state index is 0.293. The Morgan fingerprint density at radius 3 is 2.55 bits per heavy atom. The number of methoxy groups -OCH3 is 3. The largest absolute Gasteiger partial charge is 0.497 e. The van der Waals surface area contributed by atoms with E-state index in [0.29, 0.717) is 22.1 Å². The van der Waals surface area contributed by atoms with Crippen molar-refractivity contribution in [3.8, 4) is 21.9 Å². The quantitative estimate of drug-likeness (QED) is 0.811. The van der Waals surface area contributed by atoms with E-state index in [4.69, 9.17) is 14.2 Å². The van der Waals surface area contributed by atoms with Crippen molar-refractivity contribution in [2.45, 2.75) is 6.92 Å². The maximum absolute atomic E-state index is 11.8. The molecule has 0 spiro atoms. The molecule has 0 aliphatic rings. The number of aryl methyl sites for hydroxylation is 1. The second kappa shape index (κ2) is 5.92. The van der Waals surface area contributed by atoms with Crippen molar-refractivity contribution >= 4 is 17.3 Å². The van der Waals surface area contributed by atoms with Gasteiger partial charge in [-0.15, -0.1) is 11.3 Å². The second-order valence-corrected chi connectivity index (χ2v) is 5.17. The van der Waals surface area contributed by atoms with Gasteiger partial charge < -0.3 is 14.2 Å². The summed E-state index contributed by atoms with van der Waals surface area (Å²) in [6, 6.07) is 5.41. The molecule has 0 aliphatic heterocycles. The summed E-state index contributed by atoms with van der Waals surface area (Å²) in [6.45, 7) is 1.84. The predicted octanol–water partition coefficient (Wildman–Crippen LogP) is 2.92. The number of hydrogen-bond donors (Lipinski definition) is 0. The number of benzene rings is 1. The summed E-state index contributed by atoms with van der Waals surface area (Å²) in [5.41, 5.74) is 1.06. The molecule has 106 valence electrons. The molecule has 0 saturated heterocycles. The highest BCUT2D eigenvalue weighted by Gasteiger charge is 2.21. The average Bonchev–Trinajstić information content (AvgIpc) is 2.87. The normalized spacial score (nSPS) is 10.2. The molecule has 0 aliphatic carbocycles. The summed E-state index contributed by atoms with van der Waals surface area (Å²) < 4.78 is 15.3. The van der Waals surface area contributed by atoms with Crippen molar-refractivity contribution in [2.24, 2.45) is 0 Å². The fourth-order valence-electron chi connectivity index (χ4n) is 1.84. The van der Waals surface area contributed by atoms with Gasteiger partial charge in [0.05, 0.1) is 31.2 Å². The maximum Gasteiger partial charge on any atom is 0.358 e. The van der Waals surface area contributed by atoms with Gasteiger partial charge in [0.25, 0.3) is 0 Å². The van der Waals surface area contributed by atoms with Gasteiger partial charge in [0, 0.05) is 5.56 Å². The van der Waals surface area contributed by atoms with Crippen LogP contribution in [-0.4, -0.2) is 32.3 Å². The highest BCUT2D eigenvalue weighted by atomic mass is 32.1. The summed E-state index contributed by atoms with van der Waals surface area (Å²) in [6.07, 6.45) is 0. The van der Waals surface area contributed by atoms with Crippen molar-refractivity contribution in [1.82, 2.24) is 4.98 Å². The molecule has 0 atom stereocenters. The molecule has 0 radical (unpaired) electrons. The van der Waals surface area contributed by atoms with Gasteiger partial charge >= 0.3 is 5.97 Å². The van der Waals surface area contributed by atoms with Crippen LogP contribution in [0.5, 0.6) is 11.5 Å². The number of aromatic nitrogens is 1. The molecule has 0 N–H and O–H groups in total. The zero-order valence-corrected chi connectivity index (χ0v) is 12.5. The maximum atomic E-state index is 11.8. The van der Waals surface area contributed by atoms with E-state index in [9.17, 15) is 4.79 Å². The van der Waals surface area contributed by atoms with Crippen LogP contribution < -0.4 is 9.47 Å². The van der Waals surface area contributed by atoms with Gasteiger partial charge in [-0.1, -0.05) is 0 Å². The Hall–Kier alpha value is -2.08. The molecule has 0 unspecified atom stereocenters. The van der Waals surface area contributed by atoms with Gasteiger partial charge in [-0.3, -0.25) is 0 Å². The Bertz CT molecular complexity index is 636. The van der Waals surface area contributed by atoms with E-state index in [1.807, 2.05) is 13.0 Å². The van der Waals surface area contributed by atoms with Gasteiger partial charge in [0.15, 0.2) is 5.69 Å². The fraction of sp³-hybridized carbons (Fsp3) is 0.286. The fourth-order valence-corrected chi connectivity index (χ4v) is 2.76. The number of thiazole rings is 1. The minimum Gasteiger partial charge on any atom is -0.497 e. The Morgan fingerprint density at radius 2 is 1.95 bits per heavy atom. The monoisotopic (exact) mass is 293 g/mol. The SMILES string of the molecule is COC(=O)c1nc(C)sc1-c1cc(OC)ccc1OC. The summed E-state index contributed by atoms with van der Waals surface area (Å²) in [5, 5.41) is 0.783. The molecule has 1 aromatic carbocycles. The van der Waals surface area contributed by atoms with Crippen molar-refractivity contribution in [3.05, 3.63) is 28.9 Å². The molecule has 0 bridgehead atoms. The van der Waals surface area contributed by atoms with E-state index in [0.717, 1.165) is 10.6 Å². The molecule has 2 rings (SSSR count). The standard InChI is InChI=1S/C14H15NO4S/c1-8-15-12(14(16)19-4)13(20-8)10-7-9(17-2)5-6-11(10)18-3/h5-7H,1-4H3. The zero-order chi connectivity index (χ0) is 14.7. The Balaban J connectivity index is 2.63. The molecular formula is C14H15NO4S. The molecule has 5 nitrogen and oxygen atoms in total. The van der Waals surface area contributed by atoms with Crippen molar-refractivity contribution in [3.63, 3.8) is 0 Å². The van der Waals surface area contributed by atoms with E-state index >= 15 is 0 Å². The first-order valence-electron chi connectivity index (χ1n) is 5.88. The summed E-state index contributed by atoms with van der Waals surface area (Å²) in [4.78, 5) is 16.8. The Labute approximate surface area is 121 Å². The third kappa shape index (κ3) is 2.60. The number of carbonyl (C=O) groups is 1. The molecule has 20 heavy (non-hydrogen) atoms. The van der Waals surface area contributed by atoms with Crippen LogP contribution in [0, 0.1) is 6.92 Å². The lowest BCUT2D eigenvalue weighted by molar-refractivity contribution is 0.0595. The van der Waals surface area contributed by atoms with E-state index < -0.39 is 5.97 Å². The van der Waals surface area contributed by atoms with E-state index in [1.54, 1.807) is 26.4 Å². The number of hydrogen-bond acceptors (Lipinski definition) is 6. The third-order valence-corrected chi connectivity index (χ3v) is 3.77. The first-order chi connectivity index (χ1) is 9.60. The first-order valence-corrected chi connectivity index (χ1v) is 6.70. The number of ether oxygens (including phenoxy) is 3. The smallest absolute Gasteiger partial charge is 0.358 e. The molecule has 0 amide bonds. The number of nitrogens with zero attached hydrogens (tertiary/aromatic N) is 1. The number of esters is 1. The topological polar surface area (TPSA) is 57.7 Å². The van der Waals surface area contributed by atoms with Crippen LogP contribution in [0.3, 0.4) is 0 Å². The second-order valence-electron chi connectivity index (χ2n) is 3.97. The van der Waals surface area contributed by atoms with Gasteiger partial charge in [0.1, 0.15) is 11.5 Å². The van der Waals surface area contributed by atoms with Crippen LogP contribution in [0.25, 0.3) is 10.4 Å². The van der Waals surface area contributed by atoms with Crippen LogP contribution in [0.4, 0.5) is 0 Å². The lowest BCUT2D eigenvalue weighted by Gasteiger charge is -2.09. The van der Waals surface area contributed by atoms with Crippen LogP contribution in [-0.2, 0) is 4.74 Å². The zero-order valence-electron chi connectivity index (χ0n) is 11.7. The molecule has 1 heterocycles. The predicted molar refractivity (Wildman–Crippen MR) is 76.7 cm³/mol. The molecule has 1 aromatic heterocycles. The van der Waals surface area contributed by atoms with Gasteiger partial charge in [0.2, 0.25) is 0 Å². The van der Waals surface area contributed by atoms with Crippen LogP contribution in [0.2, 0.25) is 0 Å². The average molecular weight is 293 g/mol. The van der Waals surface area contributed by atoms with Crippen LogP contribution >= 0.6 is 11.3 Å². The summed E-state index contributed by atoms with van der Waals surface area (Å²) >= 11 is 1.41. The Morgan fingerprint density at radius 1 is 1.20 bits per heavy atom. The van der Waals surface area contributed by atoms with Crippen LogP contribution in [0.15, 0.2) is 18.2 Å². The van der Waals surface area contributed by atoms with E-state index in [-0.39, 0.29) is 0 Å². The van der Waals surface area contributed by atoms with Gasteiger partial charge in [-0.05, 0) is 25.1 Å². The van der Waals surface area contributed by atoms with Gasteiger partial charge in [-0.25, -0.2) is 9.78 Å². The molecular weight excluding hydrogens is 278 g/mol. The lowest BCUT2D eigenvalue weighted by atomic mass is 10.1. The third-order valence-electron chi connectivity index (χ3n) is 2.76. The van der Waals surface area contributed by atoms with Crippen LogP contribution in [0.1, 0.15) is 15.5 Å². The molecule has 6 heteroatoms. The van der Waals surface area contributed by atoms with E-state index in [2.05, 4.69) is 4.98 Å². The first kappa shape index (κ1) is 14.3. The van der Waals surface area contributed by atoms with E-state index in [1.165, 1.54) is 18.4 Å². The summed E-state index contributed by atoms with van der Waals surface area (Å²) in [7, 11) is 4.51. The van der Waals surface area contributed by atoms with Crippen molar-refractivity contribution in [2.75, 3.05) is 21.3 Å². The van der Waals surface area contributed by atoms with Crippen molar-refractivity contribution < 1.29 is 19.0 Å². The number of carbonyl (C=O) groups excluding carboxylic acids is 1. The molecule has 2 aromatic rings. The van der Waals surface area contributed by atoms with Gasteiger partial charge in [-0.2, -0.15) is 0 Å². The lowest BCUT2D eigenvalue weighted by Crippen LogP contribution is -2.03. The highest BCUT2D eigenvalue weighted by Crippen LogP contribution is 2.39. The number of rotatable bonds is 4. The van der Waals surface area contributed by atoms with Crippen molar-refractivity contribution in [1.29, 1.82) is 0 Å². The Kier molecular flexibility index (Phi) is 4.24. The molecule has 0 saturated carbocycles. The highest BCUT2D eigenvalue weighted by molar-refractivity contribution is 7.15. The summed E-state index contributed by atoms with van der Waals surface area (Å²) in [5.74, 6) is 0.872. The minimum atomic E-state index is -0.464.